The first kappa shape index (κ1) is 14.4. The van der Waals surface area contributed by atoms with Gasteiger partial charge in [-0.25, -0.2) is 4.79 Å². The lowest BCUT2D eigenvalue weighted by Crippen LogP contribution is -2.47. The average Bonchev–Trinajstić information content (AvgIpc) is 2.69. The number of halogens is 3. The summed E-state index contributed by atoms with van der Waals surface area (Å²) in [6.45, 7) is 2.50. The summed E-state index contributed by atoms with van der Waals surface area (Å²) in [6.07, 6.45) is -2.94. The van der Waals surface area contributed by atoms with Crippen molar-refractivity contribution in [2.75, 3.05) is 18.0 Å². The van der Waals surface area contributed by atoms with Crippen molar-refractivity contribution < 1.29 is 23.1 Å². The summed E-state index contributed by atoms with van der Waals surface area (Å²) in [5, 5.41) is 11.2. The predicted molar refractivity (Wildman–Crippen MR) is 65.6 cm³/mol. The van der Waals surface area contributed by atoms with Crippen molar-refractivity contribution in [1.82, 2.24) is 10.3 Å². The summed E-state index contributed by atoms with van der Waals surface area (Å²) in [4.78, 5) is 16.0. The van der Waals surface area contributed by atoms with E-state index in [-0.39, 0.29) is 0 Å². The molecular weight excluding hydrogens is 275 g/mol. The zero-order chi connectivity index (χ0) is 15.0. The molecule has 1 saturated heterocycles. The number of rotatable bonds is 2. The van der Waals surface area contributed by atoms with Gasteiger partial charge in [-0.2, -0.15) is 13.2 Å². The molecule has 1 aromatic heterocycles. The van der Waals surface area contributed by atoms with E-state index in [0.29, 0.717) is 25.2 Å². The maximum atomic E-state index is 12.6. The third-order valence-electron chi connectivity index (χ3n) is 3.30. The highest BCUT2D eigenvalue weighted by atomic mass is 19.4. The molecule has 0 radical (unpaired) electrons. The van der Waals surface area contributed by atoms with Crippen LogP contribution in [-0.4, -0.2) is 34.8 Å². The number of nitrogens with one attached hydrogen (secondary N) is 1. The van der Waals surface area contributed by atoms with E-state index in [2.05, 4.69) is 10.3 Å². The van der Waals surface area contributed by atoms with E-state index in [1.807, 2.05) is 0 Å². The van der Waals surface area contributed by atoms with Gasteiger partial charge in [-0.3, -0.25) is 4.98 Å². The third-order valence-corrected chi connectivity index (χ3v) is 3.30. The van der Waals surface area contributed by atoms with Crippen LogP contribution in [0.4, 0.5) is 23.7 Å². The minimum Gasteiger partial charge on any atom is -0.465 e. The van der Waals surface area contributed by atoms with E-state index >= 15 is 0 Å². The Morgan fingerprint density at radius 1 is 1.50 bits per heavy atom. The lowest BCUT2D eigenvalue weighted by molar-refractivity contribution is -0.137. The molecule has 5 nitrogen and oxygen atoms in total. The molecule has 1 fully saturated rings. The molecule has 0 bridgehead atoms. The topological polar surface area (TPSA) is 65.5 Å². The van der Waals surface area contributed by atoms with Crippen LogP contribution in [0.5, 0.6) is 0 Å². The second-order valence-corrected chi connectivity index (χ2v) is 5.09. The van der Waals surface area contributed by atoms with Gasteiger partial charge in [-0.15, -0.1) is 0 Å². The first-order valence-electron chi connectivity index (χ1n) is 5.98. The normalized spacial score (nSPS) is 22.9. The third kappa shape index (κ3) is 3.12. The highest BCUT2D eigenvalue weighted by Crippen LogP contribution is 2.32. The molecule has 8 heteroatoms. The molecule has 1 atom stereocenters. The molecule has 1 aliphatic rings. The smallest absolute Gasteiger partial charge is 0.417 e. The molecule has 0 aromatic carbocycles. The van der Waals surface area contributed by atoms with Gasteiger partial charge in [0.05, 0.1) is 23.0 Å². The molecule has 1 amide bonds. The summed E-state index contributed by atoms with van der Waals surface area (Å²) in [7, 11) is 0. The van der Waals surface area contributed by atoms with Gasteiger partial charge in [0.15, 0.2) is 0 Å². The number of pyridine rings is 1. The van der Waals surface area contributed by atoms with Crippen LogP contribution in [-0.2, 0) is 6.18 Å². The van der Waals surface area contributed by atoms with E-state index in [9.17, 15) is 18.0 Å². The Kier molecular flexibility index (Phi) is 3.49. The lowest BCUT2D eigenvalue weighted by atomic mass is 10.0. The number of alkyl halides is 3. The number of aromatic nitrogens is 1. The first-order valence-corrected chi connectivity index (χ1v) is 5.98. The van der Waals surface area contributed by atoms with Crippen LogP contribution in [0.2, 0.25) is 0 Å². The van der Waals surface area contributed by atoms with Crippen molar-refractivity contribution in [3.8, 4) is 0 Å². The molecule has 0 spiro atoms. The molecular formula is C12H14F3N3O2. The van der Waals surface area contributed by atoms with Crippen LogP contribution < -0.4 is 10.2 Å². The van der Waals surface area contributed by atoms with Crippen molar-refractivity contribution >= 4 is 11.8 Å². The summed E-state index contributed by atoms with van der Waals surface area (Å²) >= 11 is 0. The lowest BCUT2D eigenvalue weighted by Gasteiger charge is -2.25. The summed E-state index contributed by atoms with van der Waals surface area (Å²) in [6, 6.07) is 1.03. The molecule has 2 rings (SSSR count). The van der Waals surface area contributed by atoms with Gasteiger partial charge in [-0.05, 0) is 19.4 Å². The SMILES string of the molecule is CC1(NC(=O)O)CCN(c2cncc(C(F)(F)F)c2)C1. The van der Waals surface area contributed by atoms with Crippen molar-refractivity contribution in [3.63, 3.8) is 0 Å². The van der Waals surface area contributed by atoms with E-state index in [0.717, 1.165) is 12.3 Å². The zero-order valence-electron chi connectivity index (χ0n) is 10.7. The molecule has 0 saturated carbocycles. The summed E-state index contributed by atoms with van der Waals surface area (Å²) in [5.74, 6) is 0. The van der Waals surface area contributed by atoms with Crippen molar-refractivity contribution in [1.29, 1.82) is 0 Å². The zero-order valence-corrected chi connectivity index (χ0v) is 10.7. The quantitative estimate of drug-likeness (QED) is 0.877. The van der Waals surface area contributed by atoms with E-state index < -0.39 is 23.4 Å². The summed E-state index contributed by atoms with van der Waals surface area (Å²) in [5.41, 5.74) is -1.13. The molecule has 110 valence electrons. The number of carbonyl (C=O) groups is 1. The van der Waals surface area contributed by atoms with Gasteiger partial charge in [-0.1, -0.05) is 0 Å². The standard InChI is InChI=1S/C12H14F3N3O2/c1-11(17-10(19)20)2-3-18(7-11)9-4-8(5-16-6-9)12(13,14)15/h4-6,17H,2-3,7H2,1H3,(H,19,20). The highest BCUT2D eigenvalue weighted by Gasteiger charge is 2.36. The van der Waals surface area contributed by atoms with Crippen molar-refractivity contribution in [2.24, 2.45) is 0 Å². The van der Waals surface area contributed by atoms with Gasteiger partial charge >= 0.3 is 12.3 Å². The average molecular weight is 289 g/mol. The maximum absolute atomic E-state index is 12.6. The van der Waals surface area contributed by atoms with Crippen LogP contribution in [0.15, 0.2) is 18.5 Å². The molecule has 20 heavy (non-hydrogen) atoms. The number of carboxylic acid groups (broad SMARTS) is 1. The van der Waals surface area contributed by atoms with Crippen molar-refractivity contribution in [2.45, 2.75) is 25.1 Å². The Bertz CT molecular complexity index is 521. The van der Waals surface area contributed by atoms with Crippen LogP contribution in [0.3, 0.4) is 0 Å². The molecule has 1 aliphatic heterocycles. The van der Waals surface area contributed by atoms with Crippen LogP contribution in [0.25, 0.3) is 0 Å². The number of anilines is 1. The van der Waals surface area contributed by atoms with Gasteiger partial charge < -0.3 is 15.3 Å². The van der Waals surface area contributed by atoms with Gasteiger partial charge in [0.1, 0.15) is 0 Å². The molecule has 2 heterocycles. The van der Waals surface area contributed by atoms with Crippen molar-refractivity contribution in [3.05, 3.63) is 24.0 Å². The Labute approximate surface area is 113 Å². The van der Waals surface area contributed by atoms with Crippen LogP contribution >= 0.6 is 0 Å². The van der Waals surface area contributed by atoms with Gasteiger partial charge in [0, 0.05) is 19.3 Å². The predicted octanol–water partition coefficient (Wildman–Crippen LogP) is 2.34. The molecule has 0 aliphatic carbocycles. The highest BCUT2D eigenvalue weighted by molar-refractivity contribution is 5.66. The molecule has 1 unspecified atom stereocenters. The van der Waals surface area contributed by atoms with E-state index in [4.69, 9.17) is 5.11 Å². The fourth-order valence-corrected chi connectivity index (χ4v) is 2.30. The molecule has 2 N–H and O–H groups in total. The number of amides is 1. The van der Waals surface area contributed by atoms with Gasteiger partial charge in [0.25, 0.3) is 0 Å². The van der Waals surface area contributed by atoms with Crippen LogP contribution in [0.1, 0.15) is 18.9 Å². The monoisotopic (exact) mass is 289 g/mol. The van der Waals surface area contributed by atoms with E-state index in [1.165, 1.54) is 6.20 Å². The Hall–Kier alpha value is -1.99. The number of hydrogen-bond donors (Lipinski definition) is 2. The first-order chi connectivity index (χ1) is 9.20. The largest absolute Gasteiger partial charge is 0.465 e. The second-order valence-electron chi connectivity index (χ2n) is 5.09. The summed E-state index contributed by atoms with van der Waals surface area (Å²) < 4.78 is 37.9. The number of nitrogens with zero attached hydrogens (tertiary/aromatic N) is 2. The maximum Gasteiger partial charge on any atom is 0.417 e. The Balaban J connectivity index is 2.16. The Morgan fingerprint density at radius 3 is 2.80 bits per heavy atom. The Morgan fingerprint density at radius 2 is 2.20 bits per heavy atom. The molecule has 1 aromatic rings. The van der Waals surface area contributed by atoms with Crippen LogP contribution in [0, 0.1) is 0 Å². The number of hydrogen-bond acceptors (Lipinski definition) is 3. The van der Waals surface area contributed by atoms with E-state index in [1.54, 1.807) is 11.8 Å². The fraction of sp³-hybridized carbons (Fsp3) is 0.500. The minimum atomic E-state index is -4.44. The van der Waals surface area contributed by atoms with Gasteiger partial charge in [0.2, 0.25) is 0 Å². The second kappa shape index (κ2) is 4.84. The fourth-order valence-electron chi connectivity index (χ4n) is 2.30. The minimum absolute atomic E-state index is 0.308.